The first-order chi connectivity index (χ1) is 0. The molecule has 1 atom stereocenters. The zero-order valence-corrected chi connectivity index (χ0v) is 3.62. The van der Waals surface area contributed by atoms with Gasteiger partial charge >= 0.3 is 0 Å². The van der Waals surface area contributed by atoms with Gasteiger partial charge in [0.2, 0.25) is 0 Å². The molecule has 6 N–H and O–H groups in total. The van der Waals surface area contributed by atoms with Gasteiger partial charge in [-0.1, -0.05) is 0 Å². The molecule has 0 aliphatic rings. The minimum atomic E-state index is 0. The molecule has 0 aromatic heterocycles. The van der Waals surface area contributed by atoms with Gasteiger partial charge in [0.1, 0.15) is 0 Å². The molecule has 0 saturated heterocycles. The van der Waals surface area contributed by atoms with Crippen LogP contribution in [0.3, 0.4) is 0 Å². The zero-order valence-electron chi connectivity index (χ0n) is 2.21. The third kappa shape index (κ3) is 55.1. The van der Waals surface area contributed by atoms with E-state index in [0.717, 1.165) is 0 Å². The Bertz CT molecular complexity index is 6.85. The van der Waals surface area contributed by atoms with Crippen molar-refractivity contribution in [3.05, 3.63) is 0 Å². The van der Waals surface area contributed by atoms with Crippen molar-refractivity contribution >= 4 is 27.3 Å². The Labute approximate surface area is 44.4 Å². The summed E-state index contributed by atoms with van der Waals surface area (Å²) in [5.41, 5.74) is 0. The Morgan fingerprint density at radius 1 is 0.600 bits per heavy atom. The summed E-state index contributed by atoms with van der Waals surface area (Å²) in [5.74, 6) is 0. The van der Waals surface area contributed by atoms with E-state index in [-0.39, 0.29) is 43.7 Å². The third-order valence-electron chi connectivity index (χ3n) is 0. The summed E-state index contributed by atoms with van der Waals surface area (Å²) in [6, 6.07) is 0. The average Bonchev–Trinajstić information content (AvgIpc) is 0. The van der Waals surface area contributed by atoms with Gasteiger partial charge in [0, 0.05) is 0 Å². The van der Waals surface area contributed by atoms with Gasteiger partial charge in [-0.05, 0) is 0 Å². The Morgan fingerprint density at radius 2 is 0.600 bits per heavy atom. The van der Waals surface area contributed by atoms with Crippen molar-refractivity contribution in [2.45, 2.75) is 0 Å². The van der Waals surface area contributed by atoms with Gasteiger partial charge < -0.3 is 16.4 Å². The molecule has 0 heterocycles. The summed E-state index contributed by atoms with van der Waals surface area (Å²) >= 11 is 0. The van der Waals surface area contributed by atoms with E-state index in [1.165, 1.54) is 0 Å². The van der Waals surface area contributed by atoms with E-state index in [2.05, 4.69) is 0 Å². The van der Waals surface area contributed by atoms with Crippen LogP contribution in [-0.2, 0) is 0 Å². The standard InChI is InChI=1S/Al.3H2O.H3P.3H/h;3*1H2;1H3;;;. The molecule has 5 heteroatoms. The first-order valence-electron chi connectivity index (χ1n) is 0. The fourth-order valence-corrected chi connectivity index (χ4v) is 0. The van der Waals surface area contributed by atoms with E-state index in [0.29, 0.717) is 0 Å². The van der Waals surface area contributed by atoms with Gasteiger partial charge in [-0.3, -0.25) is 0 Å². The van der Waals surface area contributed by atoms with Crippen LogP contribution in [0.5, 0.6) is 0 Å². The lowest BCUT2D eigenvalue weighted by Crippen LogP contribution is -0.381. The Hall–Kier alpha value is 0.842. The Balaban J connectivity index is 0. The minimum absolute atomic E-state index is 0. The molecule has 0 aromatic rings. The second-order valence-electron chi connectivity index (χ2n) is 0. The predicted molar refractivity (Wildman–Crippen MR) is 31.9 cm³/mol. The number of rotatable bonds is 0. The molecule has 0 radical (unpaired) electrons. The first kappa shape index (κ1) is 193. The molecule has 0 rings (SSSR count). The lowest BCUT2D eigenvalue weighted by molar-refractivity contribution is 0.823. The van der Waals surface area contributed by atoms with Gasteiger partial charge in [0.15, 0.2) is 17.4 Å². The summed E-state index contributed by atoms with van der Waals surface area (Å²) in [4.78, 5) is 0. The van der Waals surface area contributed by atoms with Gasteiger partial charge in [0.25, 0.3) is 0 Å². The lowest BCUT2D eigenvalue weighted by Gasteiger charge is -0.413. The van der Waals surface area contributed by atoms with Crippen molar-refractivity contribution in [2.24, 2.45) is 0 Å². The minimum Gasteiger partial charge on any atom is -0.412 e. The van der Waals surface area contributed by atoms with E-state index in [4.69, 9.17) is 0 Å². The highest BCUT2D eigenvalue weighted by Crippen LogP contribution is 0.861. The van der Waals surface area contributed by atoms with Crippen LogP contribution >= 0.6 is 9.90 Å². The highest BCUT2D eigenvalue weighted by molar-refractivity contribution is 6.92. The van der Waals surface area contributed by atoms with E-state index < -0.39 is 0 Å². The fourth-order valence-electron chi connectivity index (χ4n) is 0. The van der Waals surface area contributed by atoms with Crippen LogP contribution in [0.2, 0.25) is 0 Å². The highest BCUT2D eigenvalue weighted by Gasteiger charge is 0.187. The normalized spacial score (nSPS) is 0. The number of hydrogen-bond donors (Lipinski definition) is 0. The zero-order chi connectivity index (χ0) is 0. The Kier molecular flexibility index (Phi) is 3890. The molecule has 1 unspecified atom stereocenters. The van der Waals surface area contributed by atoms with Crippen molar-refractivity contribution < 1.29 is 16.4 Å². The van der Waals surface area contributed by atoms with Gasteiger partial charge in [0.05, 0.1) is 0 Å². The van der Waals surface area contributed by atoms with Crippen molar-refractivity contribution in [1.82, 2.24) is 0 Å². The summed E-state index contributed by atoms with van der Waals surface area (Å²) in [5, 5.41) is 0. The van der Waals surface area contributed by atoms with Gasteiger partial charge in [-0.15, -0.1) is 0 Å². The molecule has 0 aromatic carbocycles. The molecule has 5 heavy (non-hydrogen) atoms. The van der Waals surface area contributed by atoms with E-state index in [1.807, 2.05) is 0 Å². The Morgan fingerprint density at radius 3 is 0.600 bits per heavy atom. The monoisotopic (exact) mass is 118 g/mol. The predicted octanol–water partition coefficient (Wildman–Crippen LogP) is -3.60. The van der Waals surface area contributed by atoms with Crippen LogP contribution < -0.4 is 0 Å². The van der Waals surface area contributed by atoms with E-state index in [9.17, 15) is 0 Å². The topological polar surface area (TPSA) is 94.5 Å². The van der Waals surface area contributed by atoms with E-state index >= 15 is 0 Å². The third-order valence-corrected chi connectivity index (χ3v) is 0. The summed E-state index contributed by atoms with van der Waals surface area (Å²) in [7, 11) is 0. The van der Waals surface area contributed by atoms with E-state index in [1.54, 1.807) is 0 Å². The maximum absolute atomic E-state index is 0. The largest absolute Gasteiger partial charge is 0.412 e. The van der Waals surface area contributed by atoms with Gasteiger partial charge in [-0.25, -0.2) is 0 Å². The average molecular weight is 118 g/mol. The summed E-state index contributed by atoms with van der Waals surface area (Å²) in [6.07, 6.45) is 0. The second kappa shape index (κ2) is 101. The maximum atomic E-state index is 0. The molecule has 3 nitrogen and oxygen atoms in total. The van der Waals surface area contributed by atoms with Crippen LogP contribution in [0.15, 0.2) is 0 Å². The maximum Gasteiger partial charge on any atom is 0.187 e. The van der Waals surface area contributed by atoms with Crippen LogP contribution in [0.4, 0.5) is 0 Å². The van der Waals surface area contributed by atoms with Crippen LogP contribution in [0, 0.1) is 0 Å². The molecule has 0 aliphatic heterocycles. The molecule has 0 spiro atoms. The molecular formula is H12AlO3P. The van der Waals surface area contributed by atoms with Crippen LogP contribution in [-0.4, -0.2) is 33.8 Å². The second-order valence-corrected chi connectivity index (χ2v) is 0. The molecule has 0 saturated carbocycles. The van der Waals surface area contributed by atoms with Crippen molar-refractivity contribution in [2.75, 3.05) is 0 Å². The van der Waals surface area contributed by atoms with Gasteiger partial charge in [-0.2, -0.15) is 9.90 Å². The quantitative estimate of drug-likeness (QED) is 0.232. The first-order valence-corrected chi connectivity index (χ1v) is 0. The SMILES string of the molecule is O.O.O.P.[AlH3]. The number of hydrogen-bond acceptors (Lipinski definition) is 0. The molecular weight excluding hydrogens is 106 g/mol. The van der Waals surface area contributed by atoms with Crippen molar-refractivity contribution in [3.8, 4) is 0 Å². The molecule has 0 amide bonds. The summed E-state index contributed by atoms with van der Waals surface area (Å²) < 4.78 is 0. The van der Waals surface area contributed by atoms with Crippen molar-refractivity contribution in [1.29, 1.82) is 0 Å². The van der Waals surface area contributed by atoms with Crippen LogP contribution in [0.1, 0.15) is 0 Å². The highest BCUT2D eigenvalue weighted by atomic mass is 31.0. The lowest BCUT2D eigenvalue weighted by atomic mass is 16.0. The summed E-state index contributed by atoms with van der Waals surface area (Å²) in [6.45, 7) is 0. The van der Waals surface area contributed by atoms with Crippen molar-refractivity contribution in [3.63, 3.8) is 0 Å². The fraction of sp³-hybridized carbons (Fsp3) is 0. The molecule has 38 valence electrons. The molecule has 0 fully saturated rings. The molecule has 0 aliphatic carbocycles. The van der Waals surface area contributed by atoms with Crippen LogP contribution in [0.25, 0.3) is 0 Å². The molecule has 0 bridgehead atoms. The smallest absolute Gasteiger partial charge is 0.187 e.